The van der Waals surface area contributed by atoms with E-state index in [2.05, 4.69) is 0 Å². The Bertz CT molecular complexity index is 123. The molecule has 1 atom stereocenters. The molecule has 0 heterocycles. The zero-order valence-electron chi connectivity index (χ0n) is 8.53. The van der Waals surface area contributed by atoms with Crippen molar-refractivity contribution in [3.8, 4) is 0 Å². The van der Waals surface area contributed by atoms with E-state index in [-0.39, 0.29) is 18.6 Å². The van der Waals surface area contributed by atoms with Crippen LogP contribution in [0.2, 0.25) is 0 Å². The van der Waals surface area contributed by atoms with Gasteiger partial charge in [0.2, 0.25) is 0 Å². The summed E-state index contributed by atoms with van der Waals surface area (Å²) in [5.74, 6) is -0.972. The molecule has 0 rings (SSSR count). The molecule has 0 aromatic rings. The lowest BCUT2D eigenvalue weighted by Gasteiger charge is -2.01. The number of carboxylic acid groups (broad SMARTS) is 1. The Hall–Kier alpha value is -0.610. The molecule has 4 heteroatoms. The normalized spacial score (nSPS) is 11.8. The zero-order valence-corrected chi connectivity index (χ0v) is 8.53. The maximum Gasteiger partial charge on any atom is 0.305 e. The van der Waals surface area contributed by atoms with Crippen LogP contribution in [0.4, 0.5) is 0 Å². The average Bonchev–Trinajstić information content (AvgIpc) is 2.05. The quantitative estimate of drug-likeness (QED) is 0.617. The van der Waals surface area contributed by atoms with E-state index in [1.165, 1.54) is 0 Å². The van der Waals surface area contributed by atoms with Gasteiger partial charge in [0.15, 0.2) is 0 Å². The van der Waals surface area contributed by atoms with Gasteiger partial charge < -0.3 is 15.3 Å². The molecule has 0 aliphatic heterocycles. The van der Waals surface area contributed by atoms with Gasteiger partial charge in [-0.2, -0.15) is 0 Å². The molecule has 0 saturated carbocycles. The van der Waals surface area contributed by atoms with Crippen molar-refractivity contribution in [1.29, 1.82) is 0 Å². The molecule has 0 aromatic heterocycles. The van der Waals surface area contributed by atoms with E-state index in [1.807, 2.05) is 6.92 Å². The minimum atomic E-state index is -0.741. The van der Waals surface area contributed by atoms with Gasteiger partial charge in [0.05, 0.1) is 12.0 Å². The third kappa shape index (κ3) is 14.3. The topological polar surface area (TPSA) is 77.8 Å². The summed E-state index contributed by atoms with van der Waals surface area (Å²) in [6.07, 6.45) is 0.946. The van der Waals surface area contributed by atoms with Crippen molar-refractivity contribution in [3.05, 3.63) is 0 Å². The summed E-state index contributed by atoms with van der Waals surface area (Å²) in [4.78, 5) is 9.70. The van der Waals surface area contributed by atoms with Crippen molar-refractivity contribution in [2.75, 3.05) is 6.61 Å². The largest absolute Gasteiger partial charge is 0.481 e. The second-order valence-electron chi connectivity index (χ2n) is 3.07. The van der Waals surface area contributed by atoms with E-state index >= 15 is 0 Å². The number of aliphatic hydroxyl groups excluding tert-OH is 2. The van der Waals surface area contributed by atoms with E-state index in [9.17, 15) is 4.79 Å². The first kappa shape index (κ1) is 14.9. The molecule has 0 saturated heterocycles. The minimum absolute atomic E-state index is 0.0923. The van der Waals surface area contributed by atoms with Crippen LogP contribution in [0.3, 0.4) is 0 Å². The molecule has 0 radical (unpaired) electrons. The third-order valence-corrected chi connectivity index (χ3v) is 1.43. The number of carboxylic acids is 1. The van der Waals surface area contributed by atoms with Crippen molar-refractivity contribution in [3.63, 3.8) is 0 Å². The van der Waals surface area contributed by atoms with Crippen molar-refractivity contribution >= 4 is 5.97 Å². The summed E-state index contributed by atoms with van der Waals surface area (Å²) >= 11 is 0. The van der Waals surface area contributed by atoms with Gasteiger partial charge in [0, 0.05) is 6.61 Å². The highest BCUT2D eigenvalue weighted by Gasteiger charge is 1.99. The van der Waals surface area contributed by atoms with Crippen molar-refractivity contribution < 1.29 is 20.1 Å². The van der Waals surface area contributed by atoms with Crippen LogP contribution in [0.25, 0.3) is 0 Å². The summed E-state index contributed by atoms with van der Waals surface area (Å²) in [7, 11) is 0. The fourth-order valence-electron chi connectivity index (χ4n) is 0.353. The Morgan fingerprint density at radius 2 is 1.77 bits per heavy atom. The lowest BCUT2D eigenvalue weighted by Crippen LogP contribution is -2.05. The summed E-state index contributed by atoms with van der Waals surface area (Å²) < 4.78 is 0. The highest BCUT2D eigenvalue weighted by atomic mass is 16.4. The second-order valence-corrected chi connectivity index (χ2v) is 3.07. The summed E-state index contributed by atoms with van der Waals surface area (Å²) in [6.45, 7) is 5.26. The smallest absolute Gasteiger partial charge is 0.305 e. The first-order valence-electron chi connectivity index (χ1n) is 4.47. The molecule has 4 nitrogen and oxygen atoms in total. The lowest BCUT2D eigenvalue weighted by molar-refractivity contribution is -0.140. The van der Waals surface area contributed by atoms with Crippen LogP contribution in [0.5, 0.6) is 0 Å². The summed E-state index contributed by atoms with van der Waals surface area (Å²) in [5, 5.41) is 24.9. The minimum Gasteiger partial charge on any atom is -0.481 e. The van der Waals surface area contributed by atoms with Crippen LogP contribution in [-0.4, -0.2) is 34.0 Å². The van der Waals surface area contributed by atoms with E-state index in [0.717, 1.165) is 6.42 Å². The van der Waals surface area contributed by atoms with Gasteiger partial charge in [-0.15, -0.1) is 0 Å². The van der Waals surface area contributed by atoms with Crippen LogP contribution in [0, 0.1) is 5.92 Å². The van der Waals surface area contributed by atoms with Crippen molar-refractivity contribution in [2.45, 2.75) is 39.7 Å². The van der Waals surface area contributed by atoms with Crippen LogP contribution in [0.1, 0.15) is 33.6 Å². The second kappa shape index (κ2) is 9.48. The molecule has 80 valence electrons. The molecule has 0 aliphatic carbocycles. The number of aliphatic carboxylic acids is 1. The molecule has 0 spiro atoms. The van der Waals surface area contributed by atoms with Gasteiger partial charge in [-0.1, -0.05) is 20.8 Å². The van der Waals surface area contributed by atoms with Crippen LogP contribution < -0.4 is 0 Å². The van der Waals surface area contributed by atoms with Crippen LogP contribution in [0.15, 0.2) is 0 Å². The monoisotopic (exact) mass is 192 g/mol. The Morgan fingerprint density at radius 1 is 1.38 bits per heavy atom. The summed E-state index contributed by atoms with van der Waals surface area (Å²) in [5.41, 5.74) is 0. The van der Waals surface area contributed by atoms with Crippen LogP contribution in [-0.2, 0) is 4.79 Å². The molecule has 0 aromatic carbocycles. The molecule has 3 N–H and O–H groups in total. The number of carbonyl (C=O) groups is 1. The fraction of sp³-hybridized carbons (Fsp3) is 0.889. The Morgan fingerprint density at radius 3 is 1.85 bits per heavy atom. The summed E-state index contributed by atoms with van der Waals surface area (Å²) in [6, 6.07) is 0. The molecule has 0 aliphatic rings. The molecular weight excluding hydrogens is 172 g/mol. The zero-order chi connectivity index (χ0) is 10.9. The SMILES string of the molecule is CC(C)C(=O)O.CCC(O)CCO. The molecule has 0 fully saturated rings. The van der Waals surface area contributed by atoms with Gasteiger partial charge in [0.1, 0.15) is 0 Å². The predicted octanol–water partition coefficient (Wildman–Crippen LogP) is 0.867. The van der Waals surface area contributed by atoms with Gasteiger partial charge in [0.25, 0.3) is 0 Å². The molecule has 13 heavy (non-hydrogen) atoms. The van der Waals surface area contributed by atoms with E-state index in [4.69, 9.17) is 15.3 Å². The van der Waals surface area contributed by atoms with E-state index in [0.29, 0.717) is 6.42 Å². The molecule has 1 unspecified atom stereocenters. The number of hydrogen-bond donors (Lipinski definition) is 3. The number of hydrogen-bond acceptors (Lipinski definition) is 3. The van der Waals surface area contributed by atoms with Crippen molar-refractivity contribution in [2.24, 2.45) is 5.92 Å². The Balaban J connectivity index is 0. The number of rotatable bonds is 4. The standard InChI is InChI=1S/C5H12O2.C4H8O2/c1-2-5(7)3-4-6;1-3(2)4(5)6/h5-7H,2-4H2,1H3;3H,1-2H3,(H,5,6). The molecular formula is C9H20O4. The average molecular weight is 192 g/mol. The van der Waals surface area contributed by atoms with E-state index < -0.39 is 5.97 Å². The third-order valence-electron chi connectivity index (χ3n) is 1.43. The van der Waals surface area contributed by atoms with Gasteiger partial charge >= 0.3 is 5.97 Å². The maximum absolute atomic E-state index is 9.70. The lowest BCUT2D eigenvalue weighted by atomic mass is 10.2. The highest BCUT2D eigenvalue weighted by molar-refractivity contribution is 5.68. The highest BCUT2D eigenvalue weighted by Crippen LogP contribution is 1.92. The number of aliphatic hydroxyl groups is 2. The predicted molar refractivity (Wildman–Crippen MR) is 50.5 cm³/mol. The van der Waals surface area contributed by atoms with Gasteiger partial charge in [-0.3, -0.25) is 4.79 Å². The maximum atomic E-state index is 9.70. The fourth-order valence-corrected chi connectivity index (χ4v) is 0.353. The van der Waals surface area contributed by atoms with E-state index in [1.54, 1.807) is 13.8 Å². The first-order valence-corrected chi connectivity index (χ1v) is 4.47. The van der Waals surface area contributed by atoms with Crippen molar-refractivity contribution in [1.82, 2.24) is 0 Å². The molecule has 0 bridgehead atoms. The van der Waals surface area contributed by atoms with Gasteiger partial charge in [-0.05, 0) is 12.8 Å². The Kier molecular flexibility index (Phi) is 10.9. The first-order chi connectivity index (χ1) is 5.95. The van der Waals surface area contributed by atoms with Gasteiger partial charge in [-0.25, -0.2) is 0 Å². The Labute approximate surface area is 79.2 Å². The van der Waals surface area contributed by atoms with Crippen LogP contribution >= 0.6 is 0 Å². The molecule has 0 amide bonds.